The number of hydrogen-bond acceptors (Lipinski definition) is 4. The van der Waals surface area contributed by atoms with Crippen molar-refractivity contribution in [2.45, 2.75) is 0 Å². The third-order valence-electron chi connectivity index (χ3n) is 1.90. The molecule has 1 heterocycles. The first kappa shape index (κ1) is 11.5. The molecule has 0 unspecified atom stereocenters. The van der Waals surface area contributed by atoms with E-state index < -0.39 is 0 Å². The van der Waals surface area contributed by atoms with Gasteiger partial charge in [-0.25, -0.2) is 0 Å². The molecule has 1 aromatic heterocycles. The van der Waals surface area contributed by atoms with E-state index in [1.807, 2.05) is 0 Å². The molecule has 0 aliphatic rings. The number of carbonyl (C=O) groups is 2. The van der Waals surface area contributed by atoms with E-state index in [0.717, 1.165) is 0 Å². The number of hydrogen-bond donors (Lipinski definition) is 1. The summed E-state index contributed by atoms with van der Waals surface area (Å²) in [5.74, 6) is 0.0647. The van der Waals surface area contributed by atoms with E-state index >= 15 is 0 Å². The molecule has 15 heavy (non-hydrogen) atoms. The van der Waals surface area contributed by atoms with E-state index in [-0.39, 0.29) is 24.8 Å². The van der Waals surface area contributed by atoms with Gasteiger partial charge < -0.3 is 9.73 Å². The van der Waals surface area contributed by atoms with Crippen molar-refractivity contribution in [3.05, 3.63) is 24.2 Å². The molecule has 0 atom stereocenters. The van der Waals surface area contributed by atoms with Gasteiger partial charge in [-0.2, -0.15) is 0 Å². The lowest BCUT2D eigenvalue weighted by molar-refractivity contribution is -0.121. The number of carbonyl (C=O) groups excluding carboxylic acids is 2. The van der Waals surface area contributed by atoms with Crippen LogP contribution in [-0.4, -0.2) is 43.8 Å². The van der Waals surface area contributed by atoms with E-state index in [1.165, 1.54) is 6.26 Å². The fourth-order valence-corrected chi connectivity index (χ4v) is 1.14. The predicted octanol–water partition coefficient (Wildman–Crippen LogP) is 0.140. The van der Waals surface area contributed by atoms with Gasteiger partial charge in [0.25, 0.3) is 0 Å². The summed E-state index contributed by atoms with van der Waals surface area (Å²) in [6.45, 7) is 0.365. The van der Waals surface area contributed by atoms with Crippen LogP contribution in [0.15, 0.2) is 22.8 Å². The molecule has 0 aliphatic heterocycles. The molecule has 1 amide bonds. The van der Waals surface area contributed by atoms with Crippen molar-refractivity contribution in [1.29, 1.82) is 0 Å². The largest absolute Gasteiger partial charge is 0.461 e. The maximum Gasteiger partial charge on any atom is 0.233 e. The van der Waals surface area contributed by atoms with E-state index in [4.69, 9.17) is 4.42 Å². The van der Waals surface area contributed by atoms with Crippen LogP contribution in [0.25, 0.3) is 0 Å². The summed E-state index contributed by atoms with van der Waals surface area (Å²) in [6, 6.07) is 3.27. The molecular weight excluding hydrogens is 196 g/mol. The van der Waals surface area contributed by atoms with Crippen molar-refractivity contribution in [3.8, 4) is 0 Å². The number of nitrogens with one attached hydrogen (secondary N) is 1. The van der Waals surface area contributed by atoms with Crippen LogP contribution in [0.2, 0.25) is 0 Å². The van der Waals surface area contributed by atoms with E-state index in [9.17, 15) is 9.59 Å². The van der Waals surface area contributed by atoms with E-state index in [1.54, 1.807) is 31.1 Å². The Kier molecular flexibility index (Phi) is 4.05. The second-order valence-electron chi connectivity index (χ2n) is 3.25. The number of likely N-dealkylation sites (N-methyl/N-ethyl adjacent to an activating group) is 2. The number of rotatable bonds is 5. The molecule has 1 rings (SSSR count). The standard InChI is InChI=1S/C10H14N2O3/c1-11-10(14)7-12(2)6-8(13)9-4-3-5-15-9/h3-5H,6-7H2,1-2H3,(H,11,14). The minimum absolute atomic E-state index is 0.121. The topological polar surface area (TPSA) is 62.6 Å². The number of Topliss-reactive ketones (excluding diaryl/α,β-unsaturated/α-hetero) is 1. The molecule has 0 fully saturated rings. The predicted molar refractivity (Wildman–Crippen MR) is 54.6 cm³/mol. The van der Waals surface area contributed by atoms with Crippen LogP contribution >= 0.6 is 0 Å². The zero-order valence-corrected chi connectivity index (χ0v) is 8.82. The zero-order valence-electron chi connectivity index (χ0n) is 8.82. The fourth-order valence-electron chi connectivity index (χ4n) is 1.14. The van der Waals surface area contributed by atoms with Crippen LogP contribution in [0.1, 0.15) is 10.6 Å². The smallest absolute Gasteiger partial charge is 0.233 e. The Hall–Kier alpha value is -1.62. The summed E-state index contributed by atoms with van der Waals surface area (Å²) in [4.78, 5) is 24.2. The second kappa shape index (κ2) is 5.31. The lowest BCUT2D eigenvalue weighted by atomic mass is 10.3. The maximum atomic E-state index is 11.5. The highest BCUT2D eigenvalue weighted by molar-refractivity contribution is 5.95. The normalized spacial score (nSPS) is 10.3. The van der Waals surface area contributed by atoms with Crippen LogP contribution in [0, 0.1) is 0 Å². The molecule has 5 nitrogen and oxygen atoms in total. The van der Waals surface area contributed by atoms with E-state index in [2.05, 4.69) is 5.32 Å². The maximum absolute atomic E-state index is 11.5. The highest BCUT2D eigenvalue weighted by atomic mass is 16.3. The van der Waals surface area contributed by atoms with Crippen LogP contribution in [0.3, 0.4) is 0 Å². The van der Waals surface area contributed by atoms with Gasteiger partial charge in [0, 0.05) is 7.05 Å². The SMILES string of the molecule is CNC(=O)CN(C)CC(=O)c1ccco1. The van der Waals surface area contributed by atoms with Gasteiger partial charge in [-0.05, 0) is 19.2 Å². The quantitative estimate of drug-likeness (QED) is 0.702. The molecule has 82 valence electrons. The minimum atomic E-state index is -0.133. The van der Waals surface area contributed by atoms with Crippen molar-refractivity contribution in [2.24, 2.45) is 0 Å². The van der Waals surface area contributed by atoms with Crippen LogP contribution < -0.4 is 5.32 Å². The number of furan rings is 1. The average molecular weight is 210 g/mol. The lowest BCUT2D eigenvalue weighted by Crippen LogP contribution is -2.35. The van der Waals surface area contributed by atoms with Crippen molar-refractivity contribution in [2.75, 3.05) is 27.2 Å². The first-order valence-corrected chi connectivity index (χ1v) is 4.59. The molecule has 0 spiro atoms. The zero-order chi connectivity index (χ0) is 11.3. The summed E-state index contributed by atoms with van der Waals surface area (Å²) in [5, 5.41) is 2.49. The van der Waals surface area contributed by atoms with Crippen molar-refractivity contribution < 1.29 is 14.0 Å². The molecule has 0 saturated carbocycles. The van der Waals surface area contributed by atoms with Gasteiger partial charge in [0.2, 0.25) is 11.7 Å². The monoisotopic (exact) mass is 210 g/mol. The first-order valence-electron chi connectivity index (χ1n) is 4.59. The van der Waals surface area contributed by atoms with Crippen LogP contribution in [0.5, 0.6) is 0 Å². The number of amides is 1. The molecule has 1 aromatic rings. The third-order valence-corrected chi connectivity index (χ3v) is 1.90. The molecule has 5 heteroatoms. The summed E-state index contributed by atoms with van der Waals surface area (Å²) in [7, 11) is 3.26. The molecule has 0 aromatic carbocycles. The highest BCUT2D eigenvalue weighted by Crippen LogP contribution is 2.01. The minimum Gasteiger partial charge on any atom is -0.461 e. The molecule has 0 saturated heterocycles. The number of ketones is 1. The Morgan fingerprint density at radius 1 is 1.47 bits per heavy atom. The molecule has 0 aliphatic carbocycles. The molecule has 0 bridgehead atoms. The molecular formula is C10H14N2O3. The first-order chi connectivity index (χ1) is 7.13. The summed E-state index contributed by atoms with van der Waals surface area (Å²) in [6.07, 6.45) is 1.45. The lowest BCUT2D eigenvalue weighted by Gasteiger charge is -2.13. The Balaban J connectivity index is 2.42. The second-order valence-corrected chi connectivity index (χ2v) is 3.25. The molecule has 1 N–H and O–H groups in total. The summed E-state index contributed by atoms with van der Waals surface area (Å²) in [5.41, 5.74) is 0. The van der Waals surface area contributed by atoms with Crippen molar-refractivity contribution >= 4 is 11.7 Å². The molecule has 0 radical (unpaired) electrons. The van der Waals surface area contributed by atoms with Gasteiger partial charge in [0.05, 0.1) is 19.4 Å². The van der Waals surface area contributed by atoms with Crippen LogP contribution in [-0.2, 0) is 4.79 Å². The van der Waals surface area contributed by atoms with E-state index in [0.29, 0.717) is 5.76 Å². The van der Waals surface area contributed by atoms with Gasteiger partial charge in [-0.15, -0.1) is 0 Å². The van der Waals surface area contributed by atoms with Crippen molar-refractivity contribution in [3.63, 3.8) is 0 Å². The Morgan fingerprint density at radius 2 is 2.20 bits per heavy atom. The highest BCUT2D eigenvalue weighted by Gasteiger charge is 2.13. The summed E-state index contributed by atoms with van der Waals surface area (Å²) >= 11 is 0. The Bertz CT molecular complexity index is 332. The van der Waals surface area contributed by atoms with Gasteiger partial charge in [-0.3, -0.25) is 14.5 Å². The third kappa shape index (κ3) is 3.55. The van der Waals surface area contributed by atoms with Gasteiger partial charge >= 0.3 is 0 Å². The Labute approximate surface area is 88.0 Å². The van der Waals surface area contributed by atoms with Crippen molar-refractivity contribution in [1.82, 2.24) is 10.2 Å². The van der Waals surface area contributed by atoms with Gasteiger partial charge in [-0.1, -0.05) is 0 Å². The summed E-state index contributed by atoms with van der Waals surface area (Å²) < 4.78 is 4.95. The average Bonchev–Trinajstić information content (AvgIpc) is 2.70. The van der Waals surface area contributed by atoms with Gasteiger partial charge in [0.1, 0.15) is 0 Å². The Morgan fingerprint density at radius 3 is 2.73 bits per heavy atom. The van der Waals surface area contributed by atoms with Gasteiger partial charge in [0.15, 0.2) is 5.76 Å². The fraction of sp³-hybridized carbons (Fsp3) is 0.400. The van der Waals surface area contributed by atoms with Crippen LogP contribution in [0.4, 0.5) is 0 Å². The number of nitrogens with zero attached hydrogens (tertiary/aromatic N) is 1.